The van der Waals surface area contributed by atoms with E-state index in [-0.39, 0.29) is 29.4 Å². The molecule has 1 saturated heterocycles. The first-order valence-corrected chi connectivity index (χ1v) is 12.3. The molecule has 3 aromatic rings. The van der Waals surface area contributed by atoms with Crippen molar-refractivity contribution in [1.82, 2.24) is 15.8 Å². The molecule has 2 aromatic heterocycles. The number of thiophene rings is 1. The van der Waals surface area contributed by atoms with Crippen molar-refractivity contribution >= 4 is 28.2 Å². The molecule has 2 atom stereocenters. The van der Waals surface area contributed by atoms with Crippen molar-refractivity contribution in [2.24, 2.45) is 0 Å². The lowest BCUT2D eigenvalue weighted by Crippen LogP contribution is -2.30. The van der Waals surface area contributed by atoms with Crippen molar-refractivity contribution in [2.45, 2.75) is 44.2 Å². The number of carbonyl (C=O) groups is 2. The number of unbranched alkanes of at least 4 members (excludes halogenated alkanes) is 2. The van der Waals surface area contributed by atoms with E-state index in [1.807, 2.05) is 6.07 Å². The number of hydrazine groups is 1. The maximum absolute atomic E-state index is 13.4. The van der Waals surface area contributed by atoms with Gasteiger partial charge in [0.2, 0.25) is 0 Å². The van der Waals surface area contributed by atoms with Gasteiger partial charge in [0.15, 0.2) is 5.76 Å². The van der Waals surface area contributed by atoms with Crippen molar-refractivity contribution < 1.29 is 18.4 Å². The van der Waals surface area contributed by atoms with Crippen LogP contribution in [0.1, 0.15) is 63.9 Å². The molecular formula is C25H29FN4O3S. The van der Waals surface area contributed by atoms with Gasteiger partial charge in [0, 0.05) is 25.7 Å². The highest BCUT2D eigenvalue weighted by molar-refractivity contribution is 7.18. The van der Waals surface area contributed by atoms with E-state index in [0.717, 1.165) is 37.7 Å². The fourth-order valence-electron chi connectivity index (χ4n) is 4.06. The largest absolute Gasteiger partial charge is 0.459 e. The second-order valence-corrected chi connectivity index (χ2v) is 9.58. The number of furan rings is 1. The fraction of sp³-hybridized carbons (Fsp3) is 0.360. The number of hydrogen-bond donors (Lipinski definition) is 3. The Bertz CT molecular complexity index is 1100. The van der Waals surface area contributed by atoms with Crippen LogP contribution in [-0.4, -0.2) is 36.3 Å². The summed E-state index contributed by atoms with van der Waals surface area (Å²) in [5.74, 6) is -0.373. The molecule has 0 bridgehead atoms. The predicted molar refractivity (Wildman–Crippen MR) is 130 cm³/mol. The first-order valence-electron chi connectivity index (χ1n) is 11.5. The Morgan fingerprint density at radius 3 is 2.82 bits per heavy atom. The number of benzene rings is 1. The van der Waals surface area contributed by atoms with E-state index < -0.39 is 0 Å². The van der Waals surface area contributed by atoms with E-state index in [1.54, 1.807) is 48.3 Å². The molecule has 1 fully saturated rings. The van der Waals surface area contributed by atoms with E-state index in [0.29, 0.717) is 22.5 Å². The molecule has 0 radical (unpaired) electrons. The van der Waals surface area contributed by atoms with Crippen LogP contribution in [0.25, 0.3) is 0 Å². The third-order valence-electron chi connectivity index (χ3n) is 5.92. The standard InChI is InChI=1S/C25H29FN4O3S/c1-30(25(32)22-11-12-23(34-22)27-24(31)21-10-6-14-33-21)13-4-2-3-9-19-16-20(29-28-19)17-7-5-8-18(26)15-17/h5-8,10-12,14-15,19-20,28-29H,2-4,9,13,16H2,1H3,(H,27,31). The number of amides is 2. The van der Waals surface area contributed by atoms with Gasteiger partial charge in [-0.3, -0.25) is 20.4 Å². The Kier molecular flexibility index (Phi) is 8.10. The average molecular weight is 485 g/mol. The highest BCUT2D eigenvalue weighted by Crippen LogP contribution is 2.26. The third kappa shape index (κ3) is 6.31. The lowest BCUT2D eigenvalue weighted by molar-refractivity contribution is 0.0797. The Hall–Kier alpha value is -3.01. The van der Waals surface area contributed by atoms with Crippen LogP contribution in [0.15, 0.2) is 59.2 Å². The van der Waals surface area contributed by atoms with E-state index in [9.17, 15) is 14.0 Å². The van der Waals surface area contributed by atoms with E-state index in [2.05, 4.69) is 16.2 Å². The molecule has 4 rings (SSSR count). The summed E-state index contributed by atoms with van der Waals surface area (Å²) in [7, 11) is 1.80. The van der Waals surface area contributed by atoms with Gasteiger partial charge < -0.3 is 14.6 Å². The zero-order chi connectivity index (χ0) is 23.9. The highest BCUT2D eigenvalue weighted by atomic mass is 32.1. The number of rotatable bonds is 10. The van der Waals surface area contributed by atoms with Gasteiger partial charge in [0.25, 0.3) is 11.8 Å². The summed E-state index contributed by atoms with van der Waals surface area (Å²) in [5, 5.41) is 3.35. The third-order valence-corrected chi connectivity index (χ3v) is 6.91. The molecule has 2 unspecified atom stereocenters. The summed E-state index contributed by atoms with van der Waals surface area (Å²) in [6.45, 7) is 0.674. The Morgan fingerprint density at radius 1 is 1.15 bits per heavy atom. The Labute approximate surface area is 202 Å². The van der Waals surface area contributed by atoms with Gasteiger partial charge >= 0.3 is 0 Å². The van der Waals surface area contributed by atoms with Crippen LogP contribution in [0.5, 0.6) is 0 Å². The number of carbonyl (C=O) groups excluding carboxylic acids is 2. The van der Waals surface area contributed by atoms with E-state index in [1.165, 1.54) is 23.7 Å². The van der Waals surface area contributed by atoms with Crippen LogP contribution >= 0.6 is 11.3 Å². The molecule has 2 amide bonds. The summed E-state index contributed by atoms with van der Waals surface area (Å²) >= 11 is 1.25. The predicted octanol–water partition coefficient (Wildman–Crippen LogP) is 4.97. The van der Waals surface area contributed by atoms with Gasteiger partial charge in [-0.05, 0) is 61.2 Å². The first kappa shape index (κ1) is 24.1. The van der Waals surface area contributed by atoms with Crippen LogP contribution in [0.2, 0.25) is 0 Å². The zero-order valence-corrected chi connectivity index (χ0v) is 19.9. The molecule has 1 aliphatic rings. The maximum atomic E-state index is 13.4. The molecule has 3 N–H and O–H groups in total. The van der Waals surface area contributed by atoms with E-state index in [4.69, 9.17) is 4.42 Å². The van der Waals surface area contributed by atoms with Crippen LogP contribution in [0.3, 0.4) is 0 Å². The highest BCUT2D eigenvalue weighted by Gasteiger charge is 2.24. The van der Waals surface area contributed by atoms with Crippen molar-refractivity contribution in [3.05, 3.63) is 76.8 Å². The Balaban J connectivity index is 1.13. The fourth-order valence-corrected chi connectivity index (χ4v) is 4.96. The molecule has 34 heavy (non-hydrogen) atoms. The van der Waals surface area contributed by atoms with Crippen molar-refractivity contribution in [3.8, 4) is 0 Å². The van der Waals surface area contributed by atoms with Gasteiger partial charge in [0.1, 0.15) is 5.82 Å². The molecule has 3 heterocycles. The topological polar surface area (TPSA) is 86.6 Å². The van der Waals surface area contributed by atoms with Crippen molar-refractivity contribution in [2.75, 3.05) is 18.9 Å². The van der Waals surface area contributed by atoms with Crippen molar-refractivity contribution in [3.63, 3.8) is 0 Å². The lowest BCUT2D eigenvalue weighted by atomic mass is 9.99. The minimum absolute atomic E-state index is 0.0527. The SMILES string of the molecule is CN(CCCCCC1CC(c2cccc(F)c2)NN1)C(=O)c1ccc(NC(=O)c2ccco2)s1. The van der Waals surface area contributed by atoms with E-state index >= 15 is 0 Å². The quantitative estimate of drug-likeness (QED) is 0.354. The van der Waals surface area contributed by atoms with Gasteiger partial charge in [-0.1, -0.05) is 25.0 Å². The lowest BCUT2D eigenvalue weighted by Gasteiger charge is -2.16. The summed E-state index contributed by atoms with van der Waals surface area (Å²) < 4.78 is 18.5. The molecule has 0 spiro atoms. The smallest absolute Gasteiger partial charge is 0.291 e. The molecule has 1 aliphatic heterocycles. The number of hydrogen-bond acceptors (Lipinski definition) is 6. The maximum Gasteiger partial charge on any atom is 0.291 e. The second-order valence-electron chi connectivity index (χ2n) is 8.50. The molecule has 1 aromatic carbocycles. The van der Waals surface area contributed by atoms with Crippen molar-refractivity contribution in [1.29, 1.82) is 0 Å². The molecule has 0 aliphatic carbocycles. The van der Waals surface area contributed by atoms with Gasteiger partial charge in [-0.2, -0.15) is 0 Å². The summed E-state index contributed by atoms with van der Waals surface area (Å²) in [6.07, 6.45) is 6.40. The number of halogens is 1. The minimum Gasteiger partial charge on any atom is -0.459 e. The number of anilines is 1. The number of nitrogens with zero attached hydrogens (tertiary/aromatic N) is 1. The zero-order valence-electron chi connectivity index (χ0n) is 19.1. The Morgan fingerprint density at radius 2 is 2.03 bits per heavy atom. The van der Waals surface area contributed by atoms with Gasteiger partial charge in [0.05, 0.1) is 16.1 Å². The minimum atomic E-state index is -0.339. The average Bonchev–Trinajstić information content (AvgIpc) is 3.60. The summed E-state index contributed by atoms with van der Waals surface area (Å²) in [4.78, 5) is 27.1. The summed E-state index contributed by atoms with van der Waals surface area (Å²) in [5.41, 5.74) is 7.55. The molecule has 7 nitrogen and oxygen atoms in total. The monoisotopic (exact) mass is 484 g/mol. The second kappa shape index (κ2) is 11.4. The van der Waals surface area contributed by atoms with Gasteiger partial charge in [-0.15, -0.1) is 11.3 Å². The molecular weight excluding hydrogens is 455 g/mol. The number of nitrogens with one attached hydrogen (secondary N) is 3. The molecule has 9 heteroatoms. The van der Waals surface area contributed by atoms with Crippen LogP contribution < -0.4 is 16.2 Å². The van der Waals surface area contributed by atoms with Crippen LogP contribution in [0, 0.1) is 5.82 Å². The van der Waals surface area contributed by atoms with Crippen LogP contribution in [0.4, 0.5) is 9.39 Å². The first-order chi connectivity index (χ1) is 16.5. The normalized spacial score (nSPS) is 17.6. The molecule has 0 saturated carbocycles. The molecule has 180 valence electrons. The van der Waals surface area contributed by atoms with Gasteiger partial charge in [-0.25, -0.2) is 4.39 Å². The van der Waals surface area contributed by atoms with Crippen LogP contribution in [-0.2, 0) is 0 Å². The summed E-state index contributed by atoms with van der Waals surface area (Å²) in [6, 6.07) is 13.9.